The van der Waals surface area contributed by atoms with Gasteiger partial charge in [0.05, 0.1) is 0 Å². The highest BCUT2D eigenvalue weighted by molar-refractivity contribution is 5.41. The highest BCUT2D eigenvalue weighted by atomic mass is 15.0. The van der Waals surface area contributed by atoms with E-state index >= 15 is 0 Å². The highest BCUT2D eigenvalue weighted by Gasteiger charge is 2.07. The first-order chi connectivity index (χ1) is 8.29. The molecule has 2 N–H and O–H groups in total. The molecule has 0 aliphatic heterocycles. The Hall–Kier alpha value is -1.88. The summed E-state index contributed by atoms with van der Waals surface area (Å²) in [5.74, 6) is 1.09. The molecule has 2 rings (SSSR count). The lowest BCUT2D eigenvalue weighted by Crippen LogP contribution is -2.22. The van der Waals surface area contributed by atoms with Gasteiger partial charge in [0, 0.05) is 36.7 Å². The van der Waals surface area contributed by atoms with E-state index in [4.69, 9.17) is 5.73 Å². The first-order valence-electron chi connectivity index (χ1n) is 5.64. The Morgan fingerprint density at radius 2 is 1.82 bits per heavy atom. The van der Waals surface area contributed by atoms with E-state index in [1.165, 1.54) is 0 Å². The Kier molecular flexibility index (Phi) is 3.72. The maximum absolute atomic E-state index is 5.90. The smallest absolute Gasteiger partial charge is 0.197 e. The third-order valence-corrected chi connectivity index (χ3v) is 2.47. The quantitative estimate of drug-likeness (QED) is 0.852. The molecule has 2 heterocycles. The minimum atomic E-state index is 0.134. The molecule has 0 saturated carbocycles. The summed E-state index contributed by atoms with van der Waals surface area (Å²) in [6, 6.07) is 3.77. The molecule has 2 aromatic heterocycles. The van der Waals surface area contributed by atoms with Crippen LogP contribution in [0.5, 0.6) is 0 Å². The number of nitrogens with two attached hydrogens (primary N) is 1. The number of hydrogen-bond acceptors (Lipinski definition) is 5. The second kappa shape index (κ2) is 5.45. The molecule has 0 aromatic carbocycles. The molecule has 2 aromatic rings. The normalized spacial score (nSPS) is 12.4. The van der Waals surface area contributed by atoms with Gasteiger partial charge in [-0.25, -0.2) is 19.9 Å². The van der Waals surface area contributed by atoms with Crippen LogP contribution in [0, 0.1) is 0 Å². The maximum Gasteiger partial charge on any atom is 0.197 e. The third-order valence-electron chi connectivity index (χ3n) is 2.47. The Bertz CT molecular complexity index is 471. The summed E-state index contributed by atoms with van der Waals surface area (Å²) in [5.41, 5.74) is 6.83. The lowest BCUT2D eigenvalue weighted by Gasteiger charge is -2.08. The lowest BCUT2D eigenvalue weighted by molar-refractivity contribution is 0.636. The van der Waals surface area contributed by atoms with Gasteiger partial charge in [0.15, 0.2) is 11.6 Å². The van der Waals surface area contributed by atoms with Gasteiger partial charge in [-0.05, 0) is 18.6 Å². The number of aromatic nitrogens is 4. The van der Waals surface area contributed by atoms with Gasteiger partial charge in [-0.1, -0.05) is 6.92 Å². The summed E-state index contributed by atoms with van der Waals surface area (Å²) in [6.45, 7) is 2.06. The molecule has 17 heavy (non-hydrogen) atoms. The molecule has 0 amide bonds. The van der Waals surface area contributed by atoms with Crippen LogP contribution in [0.3, 0.4) is 0 Å². The summed E-state index contributed by atoms with van der Waals surface area (Å²) in [4.78, 5) is 16.8. The predicted molar refractivity (Wildman–Crippen MR) is 65.0 cm³/mol. The second-order valence-electron chi connectivity index (χ2n) is 3.82. The first-order valence-corrected chi connectivity index (χ1v) is 5.64. The Balaban J connectivity index is 2.23. The highest BCUT2D eigenvalue weighted by Crippen LogP contribution is 2.09. The van der Waals surface area contributed by atoms with E-state index in [0.29, 0.717) is 11.6 Å². The van der Waals surface area contributed by atoms with Gasteiger partial charge in [-0.15, -0.1) is 0 Å². The van der Waals surface area contributed by atoms with Crippen LogP contribution in [0.2, 0.25) is 0 Å². The molecule has 88 valence electrons. The average Bonchev–Trinajstić information content (AvgIpc) is 2.40. The Labute approximate surface area is 100 Å². The molecular formula is C12H15N5. The van der Waals surface area contributed by atoms with Crippen molar-refractivity contribution in [3.63, 3.8) is 0 Å². The number of rotatable bonds is 4. The van der Waals surface area contributed by atoms with E-state index in [2.05, 4.69) is 26.9 Å². The van der Waals surface area contributed by atoms with Gasteiger partial charge in [-0.3, -0.25) is 0 Å². The molecule has 0 radical (unpaired) electrons. The van der Waals surface area contributed by atoms with E-state index in [-0.39, 0.29) is 6.04 Å². The van der Waals surface area contributed by atoms with Crippen molar-refractivity contribution in [3.8, 4) is 11.6 Å². The van der Waals surface area contributed by atoms with Crippen LogP contribution in [0.4, 0.5) is 0 Å². The number of hydrogen-bond donors (Lipinski definition) is 1. The van der Waals surface area contributed by atoms with E-state index < -0.39 is 0 Å². The summed E-state index contributed by atoms with van der Waals surface area (Å²) in [5, 5.41) is 0. The topological polar surface area (TPSA) is 77.6 Å². The van der Waals surface area contributed by atoms with Gasteiger partial charge >= 0.3 is 0 Å². The van der Waals surface area contributed by atoms with Crippen LogP contribution in [-0.4, -0.2) is 26.0 Å². The molecule has 0 aliphatic carbocycles. The van der Waals surface area contributed by atoms with Crippen LogP contribution in [-0.2, 0) is 6.42 Å². The van der Waals surface area contributed by atoms with Crippen LogP contribution < -0.4 is 5.73 Å². The van der Waals surface area contributed by atoms with Crippen LogP contribution >= 0.6 is 0 Å². The lowest BCUT2D eigenvalue weighted by atomic mass is 10.1. The Morgan fingerprint density at radius 3 is 2.53 bits per heavy atom. The van der Waals surface area contributed by atoms with Crippen molar-refractivity contribution in [3.05, 3.63) is 36.4 Å². The fourth-order valence-corrected chi connectivity index (χ4v) is 1.45. The van der Waals surface area contributed by atoms with E-state index in [9.17, 15) is 0 Å². The fourth-order valence-electron chi connectivity index (χ4n) is 1.45. The number of nitrogens with zero attached hydrogens (tertiary/aromatic N) is 4. The molecule has 5 heteroatoms. The molecular weight excluding hydrogens is 214 g/mol. The standard InChI is InChI=1S/C12H15N5/c1-2-9(13)8-10-4-7-16-12(17-10)11-14-5-3-6-15-11/h3-7,9H,2,8,13H2,1H3. The average molecular weight is 229 g/mol. The SMILES string of the molecule is CCC(N)Cc1ccnc(-c2ncccn2)n1. The van der Waals surface area contributed by atoms with E-state index in [1.54, 1.807) is 24.7 Å². The molecule has 0 bridgehead atoms. The molecule has 0 spiro atoms. The van der Waals surface area contributed by atoms with Crippen LogP contribution in [0.15, 0.2) is 30.7 Å². The van der Waals surface area contributed by atoms with Crippen molar-refractivity contribution >= 4 is 0 Å². The zero-order chi connectivity index (χ0) is 12.1. The zero-order valence-electron chi connectivity index (χ0n) is 9.74. The van der Waals surface area contributed by atoms with E-state index in [1.807, 2.05) is 6.07 Å². The van der Waals surface area contributed by atoms with Crippen molar-refractivity contribution in [1.82, 2.24) is 19.9 Å². The molecule has 0 fully saturated rings. The van der Waals surface area contributed by atoms with E-state index in [0.717, 1.165) is 18.5 Å². The van der Waals surface area contributed by atoms with Crippen molar-refractivity contribution in [2.75, 3.05) is 0 Å². The summed E-state index contributed by atoms with van der Waals surface area (Å²) < 4.78 is 0. The van der Waals surface area contributed by atoms with Gasteiger partial charge in [0.1, 0.15) is 0 Å². The van der Waals surface area contributed by atoms with Crippen molar-refractivity contribution < 1.29 is 0 Å². The Morgan fingerprint density at radius 1 is 1.12 bits per heavy atom. The molecule has 0 saturated heterocycles. The molecule has 1 atom stereocenters. The first kappa shape index (κ1) is 11.6. The van der Waals surface area contributed by atoms with Crippen molar-refractivity contribution in [2.24, 2.45) is 5.73 Å². The predicted octanol–water partition coefficient (Wildman–Crippen LogP) is 1.21. The van der Waals surface area contributed by atoms with Gasteiger partial charge in [0.2, 0.25) is 0 Å². The van der Waals surface area contributed by atoms with Gasteiger partial charge in [-0.2, -0.15) is 0 Å². The minimum absolute atomic E-state index is 0.134. The zero-order valence-corrected chi connectivity index (χ0v) is 9.74. The minimum Gasteiger partial charge on any atom is -0.327 e. The summed E-state index contributed by atoms with van der Waals surface area (Å²) in [7, 11) is 0. The summed E-state index contributed by atoms with van der Waals surface area (Å²) >= 11 is 0. The van der Waals surface area contributed by atoms with Crippen molar-refractivity contribution in [1.29, 1.82) is 0 Å². The third kappa shape index (κ3) is 3.04. The maximum atomic E-state index is 5.90. The van der Waals surface area contributed by atoms with Gasteiger partial charge < -0.3 is 5.73 Å². The van der Waals surface area contributed by atoms with Crippen LogP contribution in [0.1, 0.15) is 19.0 Å². The fraction of sp³-hybridized carbons (Fsp3) is 0.333. The van der Waals surface area contributed by atoms with Gasteiger partial charge in [0.25, 0.3) is 0 Å². The molecule has 0 aliphatic rings. The van der Waals surface area contributed by atoms with Crippen molar-refractivity contribution in [2.45, 2.75) is 25.8 Å². The summed E-state index contributed by atoms with van der Waals surface area (Å²) in [6.07, 6.45) is 6.75. The van der Waals surface area contributed by atoms with Crippen LogP contribution in [0.25, 0.3) is 11.6 Å². The molecule has 5 nitrogen and oxygen atoms in total. The second-order valence-corrected chi connectivity index (χ2v) is 3.82. The molecule has 1 unspecified atom stereocenters. The largest absolute Gasteiger partial charge is 0.327 e. The monoisotopic (exact) mass is 229 g/mol.